The van der Waals surface area contributed by atoms with E-state index in [2.05, 4.69) is 9.88 Å². The van der Waals surface area contributed by atoms with Gasteiger partial charge >= 0.3 is 0 Å². The van der Waals surface area contributed by atoms with Gasteiger partial charge in [0, 0.05) is 46.2 Å². The molecule has 0 N–H and O–H groups in total. The Morgan fingerprint density at radius 1 is 0.882 bits per heavy atom. The molecule has 1 aliphatic heterocycles. The van der Waals surface area contributed by atoms with E-state index in [1.165, 1.54) is 6.07 Å². The van der Waals surface area contributed by atoms with E-state index in [-0.39, 0.29) is 5.56 Å². The van der Waals surface area contributed by atoms with E-state index >= 15 is 0 Å². The Morgan fingerprint density at radius 2 is 1.79 bits per heavy atom. The first-order valence-electron chi connectivity index (χ1n) is 10.8. The zero-order valence-electron chi connectivity index (χ0n) is 17.8. The summed E-state index contributed by atoms with van der Waals surface area (Å²) in [7, 11) is 0. The lowest BCUT2D eigenvalue weighted by molar-refractivity contribution is 0.511. The minimum Gasteiger partial charge on any atom is -0.325 e. The van der Waals surface area contributed by atoms with Gasteiger partial charge in [0.1, 0.15) is 5.82 Å². The van der Waals surface area contributed by atoms with Crippen LogP contribution in [-0.2, 0) is 6.42 Å². The Morgan fingerprint density at radius 3 is 2.65 bits per heavy atom. The van der Waals surface area contributed by atoms with Gasteiger partial charge in [-0.05, 0) is 66.1 Å². The molecule has 0 aliphatic carbocycles. The van der Waals surface area contributed by atoms with Crippen molar-refractivity contribution in [2.75, 3.05) is 11.4 Å². The van der Waals surface area contributed by atoms with E-state index < -0.39 is 11.6 Å². The number of halogens is 3. The number of benzene rings is 3. The standard InChI is InChI=1S/C27H17ClF2N4/c28-19-7-9-24-17(13-19)10-12-34(24)27-21-8-6-16(20-4-1-5-22(29)25(20)30)14-23(21)32-26(33-27)18-3-2-11-31-15-18/h1-9,11,13-15H,10,12H2. The van der Waals surface area contributed by atoms with Crippen LogP contribution < -0.4 is 4.90 Å². The van der Waals surface area contributed by atoms with Crippen molar-refractivity contribution in [2.24, 2.45) is 0 Å². The number of pyridine rings is 1. The molecule has 3 heterocycles. The molecular weight excluding hydrogens is 454 g/mol. The van der Waals surface area contributed by atoms with E-state index in [4.69, 9.17) is 21.6 Å². The summed E-state index contributed by atoms with van der Waals surface area (Å²) in [4.78, 5) is 16.0. The summed E-state index contributed by atoms with van der Waals surface area (Å²) in [6.07, 6.45) is 4.24. The van der Waals surface area contributed by atoms with Crippen LogP contribution in [0.1, 0.15) is 5.56 Å². The van der Waals surface area contributed by atoms with Gasteiger partial charge in [-0.25, -0.2) is 18.7 Å². The maximum atomic E-state index is 14.5. The zero-order valence-corrected chi connectivity index (χ0v) is 18.6. The lowest BCUT2D eigenvalue weighted by Crippen LogP contribution is -2.16. The largest absolute Gasteiger partial charge is 0.325 e. The van der Waals surface area contributed by atoms with E-state index in [0.717, 1.165) is 47.1 Å². The predicted molar refractivity (Wildman–Crippen MR) is 130 cm³/mol. The van der Waals surface area contributed by atoms with Crippen molar-refractivity contribution in [2.45, 2.75) is 6.42 Å². The van der Waals surface area contributed by atoms with Crippen LogP contribution in [0.25, 0.3) is 33.4 Å². The topological polar surface area (TPSA) is 41.9 Å². The summed E-state index contributed by atoms with van der Waals surface area (Å²) in [5.41, 5.74) is 4.32. The van der Waals surface area contributed by atoms with Crippen LogP contribution in [0, 0.1) is 11.6 Å². The van der Waals surface area contributed by atoms with Crippen molar-refractivity contribution in [3.05, 3.63) is 101 Å². The Kier molecular flexibility index (Phi) is 4.96. The first-order valence-corrected chi connectivity index (χ1v) is 11.2. The molecule has 3 aromatic carbocycles. The maximum absolute atomic E-state index is 14.5. The molecule has 0 fully saturated rings. The number of anilines is 2. The molecule has 0 atom stereocenters. The molecule has 0 saturated heterocycles. The summed E-state index contributed by atoms with van der Waals surface area (Å²) in [5.74, 6) is -0.510. The molecule has 166 valence electrons. The van der Waals surface area contributed by atoms with Gasteiger partial charge < -0.3 is 4.90 Å². The van der Waals surface area contributed by atoms with Crippen molar-refractivity contribution in [1.82, 2.24) is 15.0 Å². The third kappa shape index (κ3) is 3.47. The van der Waals surface area contributed by atoms with Crippen molar-refractivity contribution in [3.8, 4) is 22.5 Å². The van der Waals surface area contributed by atoms with Crippen LogP contribution in [-0.4, -0.2) is 21.5 Å². The summed E-state index contributed by atoms with van der Waals surface area (Å²) >= 11 is 6.21. The fourth-order valence-electron chi connectivity index (χ4n) is 4.43. The number of hydrogen-bond acceptors (Lipinski definition) is 4. The van der Waals surface area contributed by atoms with Crippen LogP contribution in [0.4, 0.5) is 20.3 Å². The highest BCUT2D eigenvalue weighted by Gasteiger charge is 2.25. The van der Waals surface area contributed by atoms with Crippen LogP contribution in [0.15, 0.2) is 79.1 Å². The highest BCUT2D eigenvalue weighted by Crippen LogP contribution is 2.39. The maximum Gasteiger partial charge on any atom is 0.166 e. The zero-order chi connectivity index (χ0) is 23.2. The Bertz CT molecular complexity index is 1560. The number of aromatic nitrogens is 3. The Hall–Kier alpha value is -3.90. The van der Waals surface area contributed by atoms with E-state index in [1.54, 1.807) is 30.6 Å². The molecular formula is C27H17ClF2N4. The number of fused-ring (bicyclic) bond motifs is 2. The summed E-state index contributed by atoms with van der Waals surface area (Å²) < 4.78 is 28.4. The molecule has 0 spiro atoms. The predicted octanol–water partition coefficient (Wildman–Crippen LogP) is 6.98. The molecule has 5 aromatic rings. The van der Waals surface area contributed by atoms with Crippen LogP contribution in [0.5, 0.6) is 0 Å². The van der Waals surface area contributed by atoms with Crippen molar-refractivity contribution in [1.29, 1.82) is 0 Å². The normalized spacial score (nSPS) is 12.9. The second-order valence-corrected chi connectivity index (χ2v) is 8.56. The van der Waals surface area contributed by atoms with Gasteiger partial charge in [0.2, 0.25) is 0 Å². The minimum atomic E-state index is -0.885. The van der Waals surface area contributed by atoms with E-state index in [0.29, 0.717) is 21.9 Å². The third-order valence-corrected chi connectivity index (χ3v) is 6.29. The lowest BCUT2D eigenvalue weighted by Gasteiger charge is -2.21. The molecule has 6 rings (SSSR count). The first-order chi connectivity index (χ1) is 16.6. The van der Waals surface area contributed by atoms with Crippen molar-refractivity contribution < 1.29 is 8.78 Å². The Balaban J connectivity index is 1.58. The Labute approximate surface area is 199 Å². The molecule has 4 nitrogen and oxygen atoms in total. The lowest BCUT2D eigenvalue weighted by atomic mass is 10.0. The van der Waals surface area contributed by atoms with Gasteiger partial charge in [-0.2, -0.15) is 0 Å². The highest BCUT2D eigenvalue weighted by atomic mass is 35.5. The van der Waals surface area contributed by atoms with E-state index in [9.17, 15) is 8.78 Å². The first kappa shape index (κ1) is 20.7. The van der Waals surface area contributed by atoms with Gasteiger partial charge in [-0.3, -0.25) is 4.98 Å². The quantitative estimate of drug-likeness (QED) is 0.285. The van der Waals surface area contributed by atoms with Crippen LogP contribution in [0.3, 0.4) is 0 Å². The number of hydrogen-bond donors (Lipinski definition) is 0. The second-order valence-electron chi connectivity index (χ2n) is 8.12. The monoisotopic (exact) mass is 470 g/mol. The van der Waals surface area contributed by atoms with E-state index in [1.807, 2.05) is 36.4 Å². The summed E-state index contributed by atoms with van der Waals surface area (Å²) in [6, 6.07) is 19.2. The van der Waals surface area contributed by atoms with Crippen LogP contribution >= 0.6 is 11.6 Å². The van der Waals surface area contributed by atoms with Crippen molar-refractivity contribution >= 4 is 34.0 Å². The molecule has 0 unspecified atom stereocenters. The van der Waals surface area contributed by atoms with Gasteiger partial charge in [-0.1, -0.05) is 29.8 Å². The molecule has 34 heavy (non-hydrogen) atoms. The fraction of sp³-hybridized carbons (Fsp3) is 0.0741. The molecule has 1 aliphatic rings. The summed E-state index contributed by atoms with van der Waals surface area (Å²) in [5, 5.41) is 1.52. The van der Waals surface area contributed by atoms with Gasteiger partial charge in [-0.15, -0.1) is 0 Å². The molecule has 2 aromatic heterocycles. The molecule has 0 saturated carbocycles. The molecule has 0 radical (unpaired) electrons. The summed E-state index contributed by atoms with van der Waals surface area (Å²) in [6.45, 7) is 0.745. The molecule has 0 bridgehead atoms. The molecule has 0 amide bonds. The molecule has 7 heteroatoms. The SMILES string of the molecule is Fc1cccc(-c2ccc3c(N4CCc5cc(Cl)ccc54)nc(-c4cccnc4)nc3c2)c1F. The highest BCUT2D eigenvalue weighted by molar-refractivity contribution is 6.30. The van der Waals surface area contributed by atoms with Crippen LogP contribution in [0.2, 0.25) is 5.02 Å². The van der Waals surface area contributed by atoms with Gasteiger partial charge in [0.05, 0.1) is 5.52 Å². The minimum absolute atomic E-state index is 0.186. The fourth-order valence-corrected chi connectivity index (χ4v) is 4.62. The smallest absolute Gasteiger partial charge is 0.166 e. The number of nitrogens with zero attached hydrogens (tertiary/aromatic N) is 4. The third-order valence-electron chi connectivity index (χ3n) is 6.05. The average molecular weight is 471 g/mol. The second kappa shape index (κ2) is 8.15. The van der Waals surface area contributed by atoms with Gasteiger partial charge in [0.15, 0.2) is 17.5 Å². The number of rotatable bonds is 3. The van der Waals surface area contributed by atoms with Gasteiger partial charge in [0.25, 0.3) is 0 Å². The average Bonchev–Trinajstić information content (AvgIpc) is 3.28. The van der Waals surface area contributed by atoms with Crippen molar-refractivity contribution in [3.63, 3.8) is 0 Å².